The molecule has 4 nitrogen and oxygen atoms in total. The van der Waals surface area contributed by atoms with Crippen LogP contribution in [0.25, 0.3) is 0 Å². The fraction of sp³-hybridized carbons (Fsp3) is 0.417. The van der Waals surface area contributed by atoms with Crippen LogP contribution in [-0.4, -0.2) is 28.1 Å². The van der Waals surface area contributed by atoms with Crippen LogP contribution in [0.3, 0.4) is 0 Å². The quantitative estimate of drug-likeness (QED) is 0.770. The van der Waals surface area contributed by atoms with E-state index in [9.17, 15) is 17.6 Å². The van der Waals surface area contributed by atoms with Crippen LogP contribution in [0.5, 0.6) is 5.75 Å². The van der Waals surface area contributed by atoms with E-state index in [-0.39, 0.29) is 23.0 Å². The zero-order chi connectivity index (χ0) is 13.9. The molecule has 0 aliphatic rings. The molecule has 1 unspecified atom stereocenters. The van der Waals surface area contributed by atoms with Gasteiger partial charge in [0, 0.05) is 18.2 Å². The summed E-state index contributed by atoms with van der Waals surface area (Å²) >= 11 is 0. The highest BCUT2D eigenvalue weighted by Crippen LogP contribution is 2.35. The first kappa shape index (κ1) is 14.6. The third-order valence-corrected chi connectivity index (χ3v) is 3.73. The summed E-state index contributed by atoms with van der Waals surface area (Å²) in [5.41, 5.74) is 0.380. The molecule has 0 aromatic heterocycles. The SMILES string of the molecule is COc1c(C(C)CC=O)cc(F)cc1S(C)(=O)=O. The lowest BCUT2D eigenvalue weighted by Gasteiger charge is -2.16. The van der Waals surface area contributed by atoms with Gasteiger partial charge in [0.15, 0.2) is 9.84 Å². The largest absolute Gasteiger partial charge is 0.495 e. The van der Waals surface area contributed by atoms with Gasteiger partial charge in [-0.1, -0.05) is 6.92 Å². The van der Waals surface area contributed by atoms with Gasteiger partial charge < -0.3 is 9.53 Å². The molecule has 1 atom stereocenters. The fourth-order valence-electron chi connectivity index (χ4n) is 1.72. The van der Waals surface area contributed by atoms with Gasteiger partial charge in [-0.2, -0.15) is 0 Å². The van der Waals surface area contributed by atoms with Crippen LogP contribution < -0.4 is 4.74 Å². The van der Waals surface area contributed by atoms with Gasteiger partial charge in [-0.05, 0) is 18.1 Å². The van der Waals surface area contributed by atoms with Crippen molar-refractivity contribution in [3.8, 4) is 5.75 Å². The zero-order valence-corrected chi connectivity index (χ0v) is 11.3. The first-order chi connectivity index (χ1) is 8.31. The van der Waals surface area contributed by atoms with E-state index in [2.05, 4.69) is 0 Å². The number of hydrogen-bond acceptors (Lipinski definition) is 4. The van der Waals surface area contributed by atoms with Crippen molar-refractivity contribution >= 4 is 16.1 Å². The maximum atomic E-state index is 13.5. The highest BCUT2D eigenvalue weighted by atomic mass is 32.2. The molecule has 0 amide bonds. The van der Waals surface area contributed by atoms with Gasteiger partial charge in [0.2, 0.25) is 0 Å². The molecule has 0 aliphatic heterocycles. The van der Waals surface area contributed by atoms with Gasteiger partial charge in [-0.15, -0.1) is 0 Å². The highest BCUT2D eigenvalue weighted by Gasteiger charge is 2.22. The van der Waals surface area contributed by atoms with Gasteiger partial charge >= 0.3 is 0 Å². The van der Waals surface area contributed by atoms with Crippen molar-refractivity contribution in [1.82, 2.24) is 0 Å². The monoisotopic (exact) mass is 274 g/mol. The number of rotatable bonds is 5. The summed E-state index contributed by atoms with van der Waals surface area (Å²) in [6, 6.07) is 2.12. The van der Waals surface area contributed by atoms with Crippen molar-refractivity contribution < 1.29 is 22.3 Å². The Labute approximate surface area is 106 Å². The molecule has 0 spiro atoms. The molecule has 0 bridgehead atoms. The number of methoxy groups -OCH3 is 1. The normalized spacial score (nSPS) is 13.1. The Bertz CT molecular complexity index is 551. The van der Waals surface area contributed by atoms with Crippen LogP contribution in [0.15, 0.2) is 17.0 Å². The number of carbonyl (C=O) groups is 1. The standard InChI is InChI=1S/C12H15FO4S/c1-8(4-5-14)10-6-9(13)7-11(12(10)17-2)18(3,15)16/h5-8H,4H2,1-3H3. The second kappa shape index (κ2) is 5.48. The molecular weight excluding hydrogens is 259 g/mol. The van der Waals surface area contributed by atoms with Crippen molar-refractivity contribution in [3.05, 3.63) is 23.5 Å². The van der Waals surface area contributed by atoms with Crippen LogP contribution >= 0.6 is 0 Å². The minimum Gasteiger partial charge on any atom is -0.495 e. The van der Waals surface area contributed by atoms with E-state index in [0.29, 0.717) is 11.8 Å². The lowest BCUT2D eigenvalue weighted by molar-refractivity contribution is -0.108. The van der Waals surface area contributed by atoms with Gasteiger partial charge in [-0.25, -0.2) is 12.8 Å². The average Bonchev–Trinajstić information content (AvgIpc) is 2.27. The molecular formula is C12H15FO4S. The summed E-state index contributed by atoms with van der Waals surface area (Å²) in [4.78, 5) is 10.3. The highest BCUT2D eigenvalue weighted by molar-refractivity contribution is 7.90. The molecule has 1 rings (SSSR count). The summed E-state index contributed by atoms with van der Waals surface area (Å²) in [5.74, 6) is -0.870. The number of sulfone groups is 1. The summed E-state index contributed by atoms with van der Waals surface area (Å²) in [7, 11) is -2.27. The zero-order valence-electron chi connectivity index (χ0n) is 10.4. The predicted molar refractivity (Wildman–Crippen MR) is 65.2 cm³/mol. The molecule has 18 heavy (non-hydrogen) atoms. The van der Waals surface area contributed by atoms with E-state index in [0.717, 1.165) is 12.3 Å². The number of carbonyl (C=O) groups excluding carboxylic acids is 1. The Morgan fingerprint density at radius 2 is 2.06 bits per heavy atom. The molecule has 1 aromatic rings. The third kappa shape index (κ3) is 3.07. The molecule has 0 saturated carbocycles. The van der Waals surface area contributed by atoms with Crippen LogP contribution in [0, 0.1) is 5.82 Å². The van der Waals surface area contributed by atoms with E-state index in [1.165, 1.54) is 13.2 Å². The molecule has 0 heterocycles. The van der Waals surface area contributed by atoms with Crippen molar-refractivity contribution in [2.75, 3.05) is 13.4 Å². The predicted octanol–water partition coefficient (Wildman–Crippen LogP) is 1.93. The molecule has 0 fully saturated rings. The Morgan fingerprint density at radius 3 is 2.50 bits per heavy atom. The summed E-state index contributed by atoms with van der Waals surface area (Å²) in [6.07, 6.45) is 1.86. The minimum atomic E-state index is -3.59. The van der Waals surface area contributed by atoms with E-state index in [1.54, 1.807) is 6.92 Å². The lowest BCUT2D eigenvalue weighted by Crippen LogP contribution is -2.07. The van der Waals surface area contributed by atoms with Gasteiger partial charge in [0.05, 0.1) is 7.11 Å². The van der Waals surface area contributed by atoms with Gasteiger partial charge in [0.25, 0.3) is 0 Å². The van der Waals surface area contributed by atoms with Crippen molar-refractivity contribution in [3.63, 3.8) is 0 Å². The third-order valence-electron chi connectivity index (χ3n) is 2.63. The van der Waals surface area contributed by atoms with E-state index in [4.69, 9.17) is 4.74 Å². The minimum absolute atomic E-state index is 0.105. The Hall–Kier alpha value is -1.43. The van der Waals surface area contributed by atoms with Gasteiger partial charge in [-0.3, -0.25) is 0 Å². The Balaban J connectivity index is 3.52. The van der Waals surface area contributed by atoms with E-state index >= 15 is 0 Å². The molecule has 0 aliphatic carbocycles. The Morgan fingerprint density at radius 1 is 1.44 bits per heavy atom. The van der Waals surface area contributed by atoms with Crippen LogP contribution in [0.4, 0.5) is 4.39 Å². The summed E-state index contributed by atoms with van der Waals surface area (Å²) in [5, 5.41) is 0. The van der Waals surface area contributed by atoms with Crippen LogP contribution in [-0.2, 0) is 14.6 Å². The first-order valence-electron chi connectivity index (χ1n) is 5.32. The summed E-state index contributed by atoms with van der Waals surface area (Å²) in [6.45, 7) is 1.71. The number of benzene rings is 1. The molecule has 6 heteroatoms. The maximum Gasteiger partial charge on any atom is 0.179 e. The smallest absolute Gasteiger partial charge is 0.179 e. The summed E-state index contributed by atoms with van der Waals surface area (Å²) < 4.78 is 41.7. The topological polar surface area (TPSA) is 60.4 Å². The molecule has 0 saturated heterocycles. The van der Waals surface area contributed by atoms with Crippen molar-refractivity contribution in [2.45, 2.75) is 24.2 Å². The van der Waals surface area contributed by atoms with Crippen molar-refractivity contribution in [1.29, 1.82) is 0 Å². The molecule has 100 valence electrons. The Kier molecular flexibility index (Phi) is 4.45. The number of aldehydes is 1. The van der Waals surface area contributed by atoms with Crippen LogP contribution in [0.1, 0.15) is 24.8 Å². The van der Waals surface area contributed by atoms with Gasteiger partial charge in [0.1, 0.15) is 22.7 Å². The fourth-order valence-corrected chi connectivity index (χ4v) is 2.58. The number of hydrogen-bond donors (Lipinski definition) is 0. The molecule has 0 radical (unpaired) electrons. The second-order valence-corrected chi connectivity index (χ2v) is 6.09. The molecule has 0 N–H and O–H groups in total. The first-order valence-corrected chi connectivity index (χ1v) is 7.21. The number of halogens is 1. The number of ether oxygens (including phenoxy) is 1. The van der Waals surface area contributed by atoms with Crippen LogP contribution in [0.2, 0.25) is 0 Å². The molecule has 1 aromatic carbocycles. The van der Waals surface area contributed by atoms with E-state index in [1.807, 2.05) is 0 Å². The second-order valence-electron chi connectivity index (χ2n) is 4.10. The lowest BCUT2D eigenvalue weighted by atomic mass is 9.97. The average molecular weight is 274 g/mol. The maximum absolute atomic E-state index is 13.5. The van der Waals surface area contributed by atoms with E-state index < -0.39 is 15.7 Å². The van der Waals surface area contributed by atoms with Crippen molar-refractivity contribution in [2.24, 2.45) is 0 Å².